The highest BCUT2D eigenvalue weighted by molar-refractivity contribution is 5.39. The van der Waals surface area contributed by atoms with E-state index in [0.29, 0.717) is 0 Å². The molecule has 104 valence electrons. The van der Waals surface area contributed by atoms with Gasteiger partial charge in [-0.3, -0.25) is 10.1 Å². The summed E-state index contributed by atoms with van der Waals surface area (Å²) in [5, 5.41) is 14.3. The van der Waals surface area contributed by atoms with E-state index in [9.17, 15) is 10.1 Å². The molecule has 0 bridgehead atoms. The van der Waals surface area contributed by atoms with E-state index >= 15 is 0 Å². The predicted octanol–water partition coefficient (Wildman–Crippen LogP) is 3.31. The van der Waals surface area contributed by atoms with E-state index in [1.165, 1.54) is 32.1 Å². The maximum absolute atomic E-state index is 10.9. The molecule has 1 aliphatic carbocycles. The summed E-state index contributed by atoms with van der Waals surface area (Å²) >= 11 is 0. The van der Waals surface area contributed by atoms with E-state index in [-0.39, 0.29) is 10.6 Å². The smallest absolute Gasteiger partial charge is 0.272 e. The van der Waals surface area contributed by atoms with E-state index in [0.717, 1.165) is 31.0 Å². The van der Waals surface area contributed by atoms with Gasteiger partial charge in [0.1, 0.15) is 0 Å². The Morgan fingerprint density at radius 3 is 2.68 bits per heavy atom. The lowest BCUT2D eigenvalue weighted by Crippen LogP contribution is -2.26. The normalized spacial score (nSPS) is 16.4. The fourth-order valence-electron chi connectivity index (χ4n) is 2.82. The van der Waals surface area contributed by atoms with E-state index < -0.39 is 0 Å². The second kappa shape index (κ2) is 7.24. The lowest BCUT2D eigenvalue weighted by atomic mass is 9.89. The van der Waals surface area contributed by atoms with Gasteiger partial charge in [-0.05, 0) is 38.3 Å². The first-order valence-corrected chi connectivity index (χ1v) is 7.20. The molecule has 4 heteroatoms. The Morgan fingerprint density at radius 2 is 1.95 bits per heavy atom. The van der Waals surface area contributed by atoms with Gasteiger partial charge in [0.25, 0.3) is 5.69 Å². The maximum atomic E-state index is 10.9. The number of nitrogens with zero attached hydrogens (tertiary/aromatic N) is 1. The van der Waals surface area contributed by atoms with Crippen molar-refractivity contribution in [2.45, 2.75) is 38.5 Å². The monoisotopic (exact) mass is 262 g/mol. The molecule has 0 radical (unpaired) electrons. The number of nitrogens with one attached hydrogen (secondary N) is 1. The highest BCUT2D eigenvalue weighted by Gasteiger charge is 2.14. The van der Waals surface area contributed by atoms with Crippen molar-refractivity contribution in [3.05, 3.63) is 39.9 Å². The van der Waals surface area contributed by atoms with Crippen LogP contribution >= 0.6 is 0 Å². The van der Waals surface area contributed by atoms with Gasteiger partial charge in [-0.25, -0.2) is 0 Å². The Bertz CT molecular complexity index is 414. The molecule has 1 aliphatic rings. The van der Waals surface area contributed by atoms with Crippen molar-refractivity contribution < 1.29 is 4.92 Å². The van der Waals surface area contributed by atoms with Crippen LogP contribution in [0.25, 0.3) is 0 Å². The molecule has 0 aliphatic heterocycles. The average Bonchev–Trinajstić information content (AvgIpc) is 2.45. The Kier molecular flexibility index (Phi) is 5.33. The highest BCUT2D eigenvalue weighted by atomic mass is 16.6. The molecule has 19 heavy (non-hydrogen) atoms. The molecule has 1 saturated carbocycles. The molecule has 1 fully saturated rings. The molecule has 1 N–H and O–H groups in total. The largest absolute Gasteiger partial charge is 0.316 e. The SMILES string of the molecule is O=[N+]([O-])c1ccccc1CCNCC1CCCCC1. The van der Waals surface area contributed by atoms with Gasteiger partial charge >= 0.3 is 0 Å². The number of nitro benzene ring substituents is 1. The Balaban J connectivity index is 1.74. The second-order valence-electron chi connectivity index (χ2n) is 5.34. The van der Waals surface area contributed by atoms with Crippen molar-refractivity contribution in [3.8, 4) is 0 Å². The first-order chi connectivity index (χ1) is 9.27. The van der Waals surface area contributed by atoms with E-state index in [1.54, 1.807) is 12.1 Å². The zero-order valence-electron chi connectivity index (χ0n) is 11.3. The zero-order valence-corrected chi connectivity index (χ0v) is 11.3. The van der Waals surface area contributed by atoms with Crippen LogP contribution in [-0.2, 0) is 6.42 Å². The van der Waals surface area contributed by atoms with Gasteiger partial charge in [0, 0.05) is 11.6 Å². The minimum Gasteiger partial charge on any atom is -0.316 e. The van der Waals surface area contributed by atoms with Crippen molar-refractivity contribution in [2.75, 3.05) is 13.1 Å². The molecule has 0 aromatic heterocycles. The lowest BCUT2D eigenvalue weighted by molar-refractivity contribution is -0.385. The van der Waals surface area contributed by atoms with Gasteiger partial charge in [0.05, 0.1) is 4.92 Å². The molecule has 1 aromatic rings. The molecule has 0 atom stereocenters. The molecular formula is C15H22N2O2. The summed E-state index contributed by atoms with van der Waals surface area (Å²) in [5.41, 5.74) is 1.06. The fourth-order valence-corrected chi connectivity index (χ4v) is 2.82. The van der Waals surface area contributed by atoms with Gasteiger partial charge in [-0.15, -0.1) is 0 Å². The summed E-state index contributed by atoms with van der Waals surface area (Å²) in [5.74, 6) is 0.805. The summed E-state index contributed by atoms with van der Waals surface area (Å²) in [6.45, 7) is 1.88. The van der Waals surface area contributed by atoms with E-state index in [1.807, 2.05) is 12.1 Å². The third kappa shape index (κ3) is 4.31. The van der Waals surface area contributed by atoms with Crippen molar-refractivity contribution in [1.82, 2.24) is 5.32 Å². The summed E-state index contributed by atoms with van der Waals surface area (Å²) in [7, 11) is 0. The molecule has 0 saturated heterocycles. The quantitative estimate of drug-likeness (QED) is 0.486. The number of rotatable bonds is 6. The summed E-state index contributed by atoms with van der Waals surface area (Å²) < 4.78 is 0. The molecule has 4 nitrogen and oxygen atoms in total. The van der Waals surface area contributed by atoms with Crippen molar-refractivity contribution in [1.29, 1.82) is 0 Å². The Morgan fingerprint density at radius 1 is 1.21 bits per heavy atom. The number of para-hydroxylation sites is 1. The summed E-state index contributed by atoms with van der Waals surface area (Å²) in [4.78, 5) is 10.6. The predicted molar refractivity (Wildman–Crippen MR) is 76.2 cm³/mol. The Labute approximate surface area is 114 Å². The zero-order chi connectivity index (χ0) is 13.5. The molecular weight excluding hydrogens is 240 g/mol. The molecule has 0 spiro atoms. The average molecular weight is 262 g/mol. The van der Waals surface area contributed by atoms with Crippen LogP contribution in [0.15, 0.2) is 24.3 Å². The first-order valence-electron chi connectivity index (χ1n) is 7.20. The topological polar surface area (TPSA) is 55.2 Å². The number of hydrogen-bond donors (Lipinski definition) is 1. The van der Waals surface area contributed by atoms with Gasteiger partial charge < -0.3 is 5.32 Å². The Hall–Kier alpha value is -1.42. The first kappa shape index (κ1) is 14.0. The fraction of sp³-hybridized carbons (Fsp3) is 0.600. The molecule has 0 unspecified atom stereocenters. The van der Waals surface area contributed by atoms with Crippen LogP contribution in [0.4, 0.5) is 5.69 Å². The number of hydrogen-bond acceptors (Lipinski definition) is 3. The van der Waals surface area contributed by atoms with Crippen LogP contribution in [0.1, 0.15) is 37.7 Å². The summed E-state index contributed by atoms with van der Waals surface area (Å²) in [6, 6.07) is 7.01. The third-order valence-corrected chi connectivity index (χ3v) is 3.92. The van der Waals surface area contributed by atoms with Crippen molar-refractivity contribution in [3.63, 3.8) is 0 Å². The maximum Gasteiger partial charge on any atom is 0.272 e. The van der Waals surface area contributed by atoms with Gasteiger partial charge in [-0.1, -0.05) is 37.5 Å². The van der Waals surface area contributed by atoms with Crippen LogP contribution < -0.4 is 5.32 Å². The third-order valence-electron chi connectivity index (χ3n) is 3.92. The van der Waals surface area contributed by atoms with Crippen LogP contribution in [0.3, 0.4) is 0 Å². The minimum absolute atomic E-state index is 0.238. The van der Waals surface area contributed by atoms with Crippen LogP contribution in [0.5, 0.6) is 0 Å². The van der Waals surface area contributed by atoms with Gasteiger partial charge in [0.2, 0.25) is 0 Å². The van der Waals surface area contributed by atoms with Crippen LogP contribution in [0, 0.1) is 16.0 Å². The van der Waals surface area contributed by atoms with Gasteiger partial charge in [-0.2, -0.15) is 0 Å². The van der Waals surface area contributed by atoms with E-state index in [2.05, 4.69) is 5.32 Å². The van der Waals surface area contributed by atoms with E-state index in [4.69, 9.17) is 0 Å². The minimum atomic E-state index is -0.295. The van der Waals surface area contributed by atoms with Crippen LogP contribution in [0.2, 0.25) is 0 Å². The van der Waals surface area contributed by atoms with Crippen molar-refractivity contribution >= 4 is 5.69 Å². The van der Waals surface area contributed by atoms with Gasteiger partial charge in [0.15, 0.2) is 0 Å². The molecule has 0 heterocycles. The van der Waals surface area contributed by atoms with Crippen LogP contribution in [-0.4, -0.2) is 18.0 Å². The summed E-state index contributed by atoms with van der Waals surface area (Å²) in [6.07, 6.45) is 7.49. The number of nitro groups is 1. The number of benzene rings is 1. The lowest BCUT2D eigenvalue weighted by Gasteiger charge is -2.21. The standard InChI is InChI=1S/C15H22N2O2/c18-17(19)15-9-5-4-8-14(15)10-11-16-12-13-6-2-1-3-7-13/h4-5,8-9,13,16H,1-3,6-7,10-12H2. The molecule has 2 rings (SSSR count). The second-order valence-corrected chi connectivity index (χ2v) is 5.34. The molecule has 0 amide bonds. The highest BCUT2D eigenvalue weighted by Crippen LogP contribution is 2.23. The molecule has 1 aromatic carbocycles. The van der Waals surface area contributed by atoms with Crippen molar-refractivity contribution in [2.24, 2.45) is 5.92 Å².